The highest BCUT2D eigenvalue weighted by Crippen LogP contribution is 2.15. The molecule has 1 rings (SSSR count). The Morgan fingerprint density at radius 2 is 1.09 bits per heavy atom. The molecule has 0 aliphatic heterocycles. The van der Waals surface area contributed by atoms with E-state index in [9.17, 15) is 9.59 Å². The maximum absolute atomic E-state index is 10.8. The third kappa shape index (κ3) is 18.3. The Kier molecular flexibility index (Phi) is 17.2. The maximum Gasteiger partial charge on any atom is 0.333 e. The minimum atomic E-state index is -0.489. The molecule has 0 atom stereocenters. The molecular formula is C18H32O5. The second kappa shape index (κ2) is 16.7. The molecule has 5 heteroatoms. The van der Waals surface area contributed by atoms with Crippen molar-refractivity contribution in [1.29, 1.82) is 0 Å². The van der Waals surface area contributed by atoms with Crippen molar-refractivity contribution in [2.24, 2.45) is 0 Å². The SMILES string of the molecule is C1CCC1.C=C(C)C(=O)OCCOC(=O)C(=C)C.CCOCC. The van der Waals surface area contributed by atoms with Crippen molar-refractivity contribution in [2.45, 2.75) is 53.4 Å². The summed E-state index contributed by atoms with van der Waals surface area (Å²) in [4.78, 5) is 21.7. The Morgan fingerprint density at radius 1 is 0.783 bits per heavy atom. The third-order valence-electron chi connectivity index (χ3n) is 2.65. The predicted molar refractivity (Wildman–Crippen MR) is 92.2 cm³/mol. The first-order chi connectivity index (χ1) is 10.9. The monoisotopic (exact) mass is 328 g/mol. The number of ether oxygens (including phenoxy) is 3. The normalized spacial score (nSPS) is 11.5. The maximum atomic E-state index is 10.8. The number of esters is 2. The molecule has 1 aliphatic carbocycles. The van der Waals surface area contributed by atoms with E-state index >= 15 is 0 Å². The molecule has 23 heavy (non-hydrogen) atoms. The zero-order valence-electron chi connectivity index (χ0n) is 15.1. The van der Waals surface area contributed by atoms with E-state index in [2.05, 4.69) is 22.6 Å². The van der Waals surface area contributed by atoms with Gasteiger partial charge in [0.15, 0.2) is 0 Å². The highest BCUT2D eigenvalue weighted by atomic mass is 16.6. The molecular weight excluding hydrogens is 296 g/mol. The van der Waals surface area contributed by atoms with Gasteiger partial charge in [-0.25, -0.2) is 9.59 Å². The van der Waals surface area contributed by atoms with Gasteiger partial charge < -0.3 is 14.2 Å². The molecule has 134 valence electrons. The van der Waals surface area contributed by atoms with Crippen LogP contribution in [0.25, 0.3) is 0 Å². The van der Waals surface area contributed by atoms with Crippen molar-refractivity contribution in [2.75, 3.05) is 26.4 Å². The minimum absolute atomic E-state index is 0.0325. The van der Waals surface area contributed by atoms with Gasteiger partial charge in [0.05, 0.1) is 0 Å². The summed E-state index contributed by atoms with van der Waals surface area (Å²) in [7, 11) is 0. The average molecular weight is 328 g/mol. The van der Waals surface area contributed by atoms with Crippen LogP contribution in [0.2, 0.25) is 0 Å². The van der Waals surface area contributed by atoms with Crippen LogP contribution in [0.1, 0.15) is 53.4 Å². The minimum Gasteiger partial charge on any atom is -0.459 e. The molecule has 1 aliphatic rings. The number of carbonyl (C=O) groups is 2. The van der Waals surface area contributed by atoms with Crippen molar-refractivity contribution < 1.29 is 23.8 Å². The zero-order valence-corrected chi connectivity index (χ0v) is 15.1. The number of hydrogen-bond donors (Lipinski definition) is 0. The fraction of sp³-hybridized carbons (Fsp3) is 0.667. The molecule has 5 nitrogen and oxygen atoms in total. The van der Waals surface area contributed by atoms with E-state index in [0.717, 1.165) is 13.2 Å². The summed E-state index contributed by atoms with van der Waals surface area (Å²) in [6, 6.07) is 0. The molecule has 0 heterocycles. The van der Waals surface area contributed by atoms with Gasteiger partial charge in [-0.3, -0.25) is 0 Å². The van der Waals surface area contributed by atoms with Crippen molar-refractivity contribution in [3.63, 3.8) is 0 Å². The van der Waals surface area contributed by atoms with E-state index < -0.39 is 11.9 Å². The Labute approximate surface area is 140 Å². The van der Waals surface area contributed by atoms with Crippen LogP contribution in [0.3, 0.4) is 0 Å². The Morgan fingerprint density at radius 3 is 1.22 bits per heavy atom. The smallest absolute Gasteiger partial charge is 0.333 e. The topological polar surface area (TPSA) is 61.8 Å². The van der Waals surface area contributed by atoms with Crippen LogP contribution in [0.5, 0.6) is 0 Å². The van der Waals surface area contributed by atoms with Gasteiger partial charge in [-0.05, 0) is 27.7 Å². The second-order valence-corrected chi connectivity index (χ2v) is 5.03. The molecule has 0 amide bonds. The summed E-state index contributed by atoms with van der Waals surface area (Å²) < 4.78 is 14.2. The lowest BCUT2D eigenvalue weighted by atomic mass is 10.0. The first-order valence-electron chi connectivity index (χ1n) is 8.09. The summed E-state index contributed by atoms with van der Waals surface area (Å²) in [5.41, 5.74) is 0.632. The molecule has 0 radical (unpaired) electrons. The van der Waals surface area contributed by atoms with Crippen LogP contribution in [0.4, 0.5) is 0 Å². The van der Waals surface area contributed by atoms with Gasteiger partial charge in [0, 0.05) is 24.4 Å². The summed E-state index contributed by atoms with van der Waals surface area (Å²) in [5, 5.41) is 0. The molecule has 0 saturated heterocycles. The number of hydrogen-bond acceptors (Lipinski definition) is 5. The van der Waals surface area contributed by atoms with Gasteiger partial charge in [0.2, 0.25) is 0 Å². The summed E-state index contributed by atoms with van der Waals surface area (Å²) >= 11 is 0. The molecule has 1 fully saturated rings. The quantitative estimate of drug-likeness (QED) is 0.404. The van der Waals surface area contributed by atoms with E-state index in [4.69, 9.17) is 4.74 Å². The van der Waals surface area contributed by atoms with Crippen LogP contribution in [-0.2, 0) is 23.8 Å². The molecule has 0 unspecified atom stereocenters. The molecule has 0 aromatic heterocycles. The number of carbonyl (C=O) groups excluding carboxylic acids is 2. The Hall–Kier alpha value is -1.62. The van der Waals surface area contributed by atoms with Crippen LogP contribution >= 0.6 is 0 Å². The van der Waals surface area contributed by atoms with Crippen LogP contribution < -0.4 is 0 Å². The Bertz CT molecular complexity index is 322. The fourth-order valence-electron chi connectivity index (χ4n) is 0.969. The molecule has 0 aromatic rings. The van der Waals surface area contributed by atoms with Crippen molar-refractivity contribution in [3.8, 4) is 0 Å². The highest BCUT2D eigenvalue weighted by molar-refractivity contribution is 5.87. The lowest BCUT2D eigenvalue weighted by Gasteiger charge is -2.05. The van der Waals surface area contributed by atoms with E-state index in [1.165, 1.54) is 25.7 Å². The zero-order chi connectivity index (χ0) is 18.1. The lowest BCUT2D eigenvalue weighted by molar-refractivity contribution is -0.147. The molecule has 0 spiro atoms. The first-order valence-corrected chi connectivity index (χ1v) is 8.09. The predicted octanol–water partition coefficient (Wildman–Crippen LogP) is 3.83. The average Bonchev–Trinajstić information content (AvgIpc) is 2.42. The highest BCUT2D eigenvalue weighted by Gasteiger charge is 2.05. The van der Waals surface area contributed by atoms with E-state index in [1.807, 2.05) is 13.8 Å². The first kappa shape index (κ1) is 23.6. The summed E-state index contributed by atoms with van der Waals surface area (Å²) in [6.07, 6.45) is 6.00. The fourth-order valence-corrected chi connectivity index (χ4v) is 0.969. The number of rotatable bonds is 7. The second-order valence-electron chi connectivity index (χ2n) is 5.03. The van der Waals surface area contributed by atoms with Gasteiger partial charge in [-0.2, -0.15) is 0 Å². The van der Waals surface area contributed by atoms with E-state index in [1.54, 1.807) is 13.8 Å². The van der Waals surface area contributed by atoms with Gasteiger partial charge in [0.25, 0.3) is 0 Å². The standard InChI is InChI=1S/C10H14O4.C4H10O.C4H8/c1-7(2)9(11)13-5-6-14-10(12)8(3)4;1-3-5-4-2;1-2-4-3-1/h1,3,5-6H2,2,4H3;3-4H2,1-2H3;1-4H2. The van der Waals surface area contributed by atoms with Crippen LogP contribution in [0, 0.1) is 0 Å². The summed E-state index contributed by atoms with van der Waals surface area (Å²) in [6.45, 7) is 15.6. The van der Waals surface area contributed by atoms with Crippen molar-refractivity contribution in [3.05, 3.63) is 24.3 Å². The van der Waals surface area contributed by atoms with E-state index in [0.29, 0.717) is 11.1 Å². The Balaban J connectivity index is 0. The summed E-state index contributed by atoms with van der Waals surface area (Å²) in [5.74, 6) is -0.979. The third-order valence-corrected chi connectivity index (χ3v) is 2.65. The van der Waals surface area contributed by atoms with Crippen LogP contribution in [-0.4, -0.2) is 38.4 Å². The lowest BCUT2D eigenvalue weighted by Crippen LogP contribution is -2.14. The van der Waals surface area contributed by atoms with Gasteiger partial charge >= 0.3 is 11.9 Å². The molecule has 1 saturated carbocycles. The van der Waals surface area contributed by atoms with Crippen LogP contribution in [0.15, 0.2) is 24.3 Å². The molecule has 0 aromatic carbocycles. The van der Waals surface area contributed by atoms with Gasteiger partial charge in [-0.1, -0.05) is 38.8 Å². The van der Waals surface area contributed by atoms with Gasteiger partial charge in [-0.15, -0.1) is 0 Å². The molecule has 0 N–H and O–H groups in total. The van der Waals surface area contributed by atoms with Crippen molar-refractivity contribution in [1.82, 2.24) is 0 Å². The van der Waals surface area contributed by atoms with Gasteiger partial charge in [0.1, 0.15) is 13.2 Å². The van der Waals surface area contributed by atoms with E-state index in [-0.39, 0.29) is 13.2 Å². The largest absolute Gasteiger partial charge is 0.459 e. The van der Waals surface area contributed by atoms with Crippen molar-refractivity contribution >= 4 is 11.9 Å². The molecule has 0 bridgehead atoms.